The summed E-state index contributed by atoms with van der Waals surface area (Å²) in [5.74, 6) is -3.27. The number of carbonyl (C=O) groups is 1. The Balaban J connectivity index is 1.59. The Labute approximate surface area is 192 Å². The van der Waals surface area contributed by atoms with E-state index in [2.05, 4.69) is 4.90 Å². The number of pyridine rings is 1. The Hall–Kier alpha value is -3.86. The lowest BCUT2D eigenvalue weighted by Crippen LogP contribution is -2.46. The molecule has 34 heavy (non-hydrogen) atoms. The van der Waals surface area contributed by atoms with Crippen molar-refractivity contribution in [3.63, 3.8) is 0 Å². The number of benzene rings is 2. The van der Waals surface area contributed by atoms with Gasteiger partial charge in [-0.05, 0) is 18.6 Å². The largest absolute Gasteiger partial charge is 0.477 e. The second-order valence-electron chi connectivity index (χ2n) is 8.07. The molecule has 1 aromatic heterocycles. The van der Waals surface area contributed by atoms with Gasteiger partial charge < -0.3 is 14.6 Å². The molecule has 4 rings (SSSR count). The third kappa shape index (κ3) is 4.21. The highest BCUT2D eigenvalue weighted by atomic mass is 19.1. The summed E-state index contributed by atoms with van der Waals surface area (Å²) in [6.07, 6.45) is 1.08. The van der Waals surface area contributed by atoms with Crippen molar-refractivity contribution in [2.24, 2.45) is 0 Å². The molecule has 11 heteroatoms. The molecule has 0 radical (unpaired) electrons. The SMILES string of the molecule is CCn1cc(C(=O)O)c(=O)c2cc(F)c(N3CCN(Cc4ccc([N+](=O)[O-])cc4)CC3)c(F)c21. The zero-order valence-corrected chi connectivity index (χ0v) is 18.3. The molecule has 0 aliphatic carbocycles. The fourth-order valence-corrected chi connectivity index (χ4v) is 4.28. The number of nitro benzene ring substituents is 1. The van der Waals surface area contributed by atoms with Crippen molar-refractivity contribution < 1.29 is 23.6 Å². The lowest BCUT2D eigenvalue weighted by atomic mass is 10.1. The predicted octanol–water partition coefficient (Wildman–Crippen LogP) is 3.23. The monoisotopic (exact) mass is 472 g/mol. The van der Waals surface area contributed by atoms with E-state index in [0.717, 1.165) is 17.8 Å². The first kappa shape index (κ1) is 23.3. The molecule has 3 aromatic rings. The van der Waals surface area contributed by atoms with Crippen molar-refractivity contribution in [3.05, 3.63) is 79.6 Å². The number of halogens is 2. The maximum absolute atomic E-state index is 15.6. The number of hydrogen-bond donors (Lipinski definition) is 1. The lowest BCUT2D eigenvalue weighted by molar-refractivity contribution is -0.384. The van der Waals surface area contributed by atoms with E-state index >= 15 is 8.78 Å². The fourth-order valence-electron chi connectivity index (χ4n) is 4.28. The Morgan fingerprint density at radius 3 is 2.35 bits per heavy atom. The van der Waals surface area contributed by atoms with Crippen molar-refractivity contribution in [1.82, 2.24) is 9.47 Å². The quantitative estimate of drug-likeness (QED) is 0.433. The zero-order chi connectivity index (χ0) is 24.6. The van der Waals surface area contributed by atoms with Crippen LogP contribution in [0, 0.1) is 21.7 Å². The molecule has 9 nitrogen and oxygen atoms in total. The number of piperazine rings is 1. The molecule has 1 aliphatic heterocycles. The van der Waals surface area contributed by atoms with Crippen LogP contribution in [0.5, 0.6) is 0 Å². The lowest BCUT2D eigenvalue weighted by Gasteiger charge is -2.36. The minimum absolute atomic E-state index is 0.0110. The highest BCUT2D eigenvalue weighted by Gasteiger charge is 2.27. The number of non-ortho nitro benzene ring substituents is 1. The topological polar surface area (TPSA) is 109 Å². The van der Waals surface area contributed by atoms with E-state index in [1.54, 1.807) is 24.0 Å². The van der Waals surface area contributed by atoms with E-state index in [1.165, 1.54) is 16.7 Å². The van der Waals surface area contributed by atoms with Gasteiger partial charge in [0.05, 0.1) is 15.8 Å². The number of hydrogen-bond acceptors (Lipinski definition) is 6. The van der Waals surface area contributed by atoms with Gasteiger partial charge in [-0.2, -0.15) is 0 Å². The molecule has 178 valence electrons. The van der Waals surface area contributed by atoms with Crippen LogP contribution in [-0.4, -0.2) is 51.6 Å². The molecule has 1 saturated heterocycles. The number of carboxylic acid groups (broad SMARTS) is 1. The summed E-state index contributed by atoms with van der Waals surface area (Å²) in [5.41, 5.74) is -0.931. The fraction of sp³-hybridized carbons (Fsp3) is 0.304. The number of nitro groups is 1. The van der Waals surface area contributed by atoms with Crippen LogP contribution in [0.3, 0.4) is 0 Å². The number of fused-ring (bicyclic) bond motifs is 1. The van der Waals surface area contributed by atoms with Crippen LogP contribution in [-0.2, 0) is 13.1 Å². The third-order valence-electron chi connectivity index (χ3n) is 6.04. The number of aromatic nitrogens is 1. The van der Waals surface area contributed by atoms with E-state index in [0.29, 0.717) is 32.7 Å². The standard InChI is InChI=1S/C23H22F2N4O5/c1-2-27-13-17(23(31)32)22(30)16-11-18(24)21(19(25)20(16)27)28-9-7-26(8-10-28)12-14-3-5-15(6-4-14)29(33)34/h3-6,11,13H,2,7-10,12H2,1H3,(H,31,32). The normalized spacial score (nSPS) is 14.5. The Morgan fingerprint density at radius 2 is 1.79 bits per heavy atom. The van der Waals surface area contributed by atoms with Crippen molar-refractivity contribution in [2.75, 3.05) is 31.1 Å². The van der Waals surface area contributed by atoms with E-state index in [4.69, 9.17) is 0 Å². The molecule has 1 aliphatic rings. The van der Waals surface area contributed by atoms with Crippen LogP contribution < -0.4 is 10.3 Å². The van der Waals surface area contributed by atoms with Gasteiger partial charge in [0, 0.05) is 57.6 Å². The smallest absolute Gasteiger partial charge is 0.341 e. The van der Waals surface area contributed by atoms with Crippen LogP contribution >= 0.6 is 0 Å². The molecular weight excluding hydrogens is 450 g/mol. The second-order valence-corrected chi connectivity index (χ2v) is 8.07. The maximum atomic E-state index is 15.6. The van der Waals surface area contributed by atoms with Gasteiger partial charge in [0.15, 0.2) is 5.82 Å². The van der Waals surface area contributed by atoms with Crippen LogP contribution in [0.4, 0.5) is 20.2 Å². The van der Waals surface area contributed by atoms with Gasteiger partial charge in [0.2, 0.25) is 5.43 Å². The summed E-state index contributed by atoms with van der Waals surface area (Å²) in [6.45, 7) is 4.09. The first-order chi connectivity index (χ1) is 16.2. The maximum Gasteiger partial charge on any atom is 0.341 e. The van der Waals surface area contributed by atoms with Crippen molar-refractivity contribution in [1.29, 1.82) is 0 Å². The van der Waals surface area contributed by atoms with Crippen LogP contribution in [0.15, 0.2) is 41.3 Å². The molecule has 0 unspecified atom stereocenters. The molecule has 0 saturated carbocycles. The number of carboxylic acids is 1. The summed E-state index contributed by atoms with van der Waals surface area (Å²) >= 11 is 0. The highest BCUT2D eigenvalue weighted by molar-refractivity contribution is 5.93. The molecule has 2 heterocycles. The molecule has 0 spiro atoms. The minimum atomic E-state index is -1.46. The Bertz CT molecular complexity index is 1330. The molecule has 0 atom stereocenters. The number of aryl methyl sites for hydroxylation is 1. The number of nitrogens with zero attached hydrogens (tertiary/aromatic N) is 4. The first-order valence-electron chi connectivity index (χ1n) is 10.7. The van der Waals surface area contributed by atoms with Crippen LogP contribution in [0.1, 0.15) is 22.8 Å². The number of aromatic carboxylic acids is 1. The van der Waals surface area contributed by atoms with Gasteiger partial charge in [-0.25, -0.2) is 13.6 Å². The first-order valence-corrected chi connectivity index (χ1v) is 10.7. The van der Waals surface area contributed by atoms with Gasteiger partial charge >= 0.3 is 5.97 Å². The van der Waals surface area contributed by atoms with Gasteiger partial charge in [0.25, 0.3) is 5.69 Å². The van der Waals surface area contributed by atoms with E-state index in [1.807, 2.05) is 0 Å². The van der Waals surface area contributed by atoms with E-state index in [-0.39, 0.29) is 28.8 Å². The summed E-state index contributed by atoms with van der Waals surface area (Å²) in [6, 6.07) is 7.16. The molecule has 2 aromatic carbocycles. The molecule has 0 amide bonds. The summed E-state index contributed by atoms with van der Waals surface area (Å²) in [7, 11) is 0. The predicted molar refractivity (Wildman–Crippen MR) is 121 cm³/mol. The molecule has 0 bridgehead atoms. The summed E-state index contributed by atoms with van der Waals surface area (Å²) < 4.78 is 31.9. The van der Waals surface area contributed by atoms with Crippen molar-refractivity contribution >= 4 is 28.2 Å². The average Bonchev–Trinajstić information content (AvgIpc) is 2.81. The van der Waals surface area contributed by atoms with Crippen molar-refractivity contribution in [2.45, 2.75) is 20.0 Å². The van der Waals surface area contributed by atoms with Gasteiger partial charge in [0.1, 0.15) is 17.1 Å². The zero-order valence-electron chi connectivity index (χ0n) is 18.3. The van der Waals surface area contributed by atoms with Crippen LogP contribution in [0.2, 0.25) is 0 Å². The van der Waals surface area contributed by atoms with Gasteiger partial charge in [-0.15, -0.1) is 0 Å². The van der Waals surface area contributed by atoms with Gasteiger partial charge in [-0.1, -0.05) is 12.1 Å². The summed E-state index contributed by atoms with van der Waals surface area (Å²) in [4.78, 5) is 37.9. The molecule has 1 N–H and O–H groups in total. The molecular formula is C23H22F2N4O5. The highest BCUT2D eigenvalue weighted by Crippen LogP contribution is 2.31. The third-order valence-corrected chi connectivity index (χ3v) is 6.04. The van der Waals surface area contributed by atoms with Gasteiger partial charge in [-0.3, -0.25) is 19.8 Å². The van der Waals surface area contributed by atoms with E-state index in [9.17, 15) is 24.8 Å². The number of rotatable bonds is 6. The second kappa shape index (κ2) is 9.18. The van der Waals surface area contributed by atoms with E-state index < -0.39 is 33.5 Å². The molecule has 1 fully saturated rings. The van der Waals surface area contributed by atoms with Crippen molar-refractivity contribution in [3.8, 4) is 0 Å². The Kier molecular flexibility index (Phi) is 6.29. The minimum Gasteiger partial charge on any atom is -0.477 e. The Morgan fingerprint density at radius 1 is 1.15 bits per heavy atom. The average molecular weight is 472 g/mol. The summed E-state index contributed by atoms with van der Waals surface area (Å²) in [5, 5.41) is 19.8. The number of anilines is 1. The van der Waals surface area contributed by atoms with Crippen LogP contribution in [0.25, 0.3) is 10.9 Å².